The fraction of sp³-hybridized carbons (Fsp3) is 0.556. The van der Waals surface area contributed by atoms with E-state index in [0.29, 0.717) is 12.0 Å². The van der Waals surface area contributed by atoms with E-state index < -0.39 is 10.8 Å². The first-order valence-electron chi connectivity index (χ1n) is 4.43. The SMILES string of the molecule is NC1CC(CS(=O)c2cccs2)C1. The second kappa shape index (κ2) is 3.90. The first kappa shape index (κ1) is 9.37. The smallest absolute Gasteiger partial charge is 0.0910 e. The van der Waals surface area contributed by atoms with Crippen LogP contribution < -0.4 is 5.73 Å². The van der Waals surface area contributed by atoms with Crippen LogP contribution in [0.15, 0.2) is 21.7 Å². The average Bonchev–Trinajstić information content (AvgIpc) is 2.53. The van der Waals surface area contributed by atoms with Gasteiger partial charge in [-0.25, -0.2) is 0 Å². The molecule has 1 heterocycles. The van der Waals surface area contributed by atoms with Crippen molar-refractivity contribution in [3.8, 4) is 0 Å². The van der Waals surface area contributed by atoms with E-state index in [0.717, 1.165) is 22.8 Å². The van der Waals surface area contributed by atoms with E-state index in [-0.39, 0.29) is 0 Å². The molecule has 0 aromatic carbocycles. The fourth-order valence-electron chi connectivity index (χ4n) is 1.61. The van der Waals surface area contributed by atoms with E-state index >= 15 is 0 Å². The van der Waals surface area contributed by atoms with Gasteiger partial charge in [0.1, 0.15) is 0 Å². The first-order valence-corrected chi connectivity index (χ1v) is 6.63. The van der Waals surface area contributed by atoms with Gasteiger partial charge >= 0.3 is 0 Å². The molecule has 0 amide bonds. The Kier molecular flexibility index (Phi) is 2.81. The van der Waals surface area contributed by atoms with Crippen molar-refractivity contribution in [3.63, 3.8) is 0 Å². The molecule has 1 aromatic rings. The van der Waals surface area contributed by atoms with Crippen molar-refractivity contribution in [2.45, 2.75) is 23.1 Å². The van der Waals surface area contributed by atoms with Crippen LogP contribution in [-0.4, -0.2) is 16.0 Å². The predicted molar refractivity (Wildman–Crippen MR) is 56.3 cm³/mol. The molecule has 0 aliphatic heterocycles. The maximum atomic E-state index is 11.7. The van der Waals surface area contributed by atoms with Crippen LogP contribution in [0.5, 0.6) is 0 Å². The molecule has 0 saturated heterocycles. The lowest BCUT2D eigenvalue weighted by Gasteiger charge is -2.31. The summed E-state index contributed by atoms with van der Waals surface area (Å²) < 4.78 is 12.7. The Morgan fingerprint density at radius 3 is 2.92 bits per heavy atom. The van der Waals surface area contributed by atoms with Gasteiger partial charge in [-0.2, -0.15) is 0 Å². The van der Waals surface area contributed by atoms with Gasteiger partial charge in [0.25, 0.3) is 0 Å². The molecule has 1 saturated carbocycles. The Labute approximate surface area is 84.6 Å². The van der Waals surface area contributed by atoms with Gasteiger partial charge in [-0.05, 0) is 30.2 Å². The quantitative estimate of drug-likeness (QED) is 0.832. The van der Waals surface area contributed by atoms with Crippen LogP contribution in [0, 0.1) is 5.92 Å². The highest BCUT2D eigenvalue weighted by Crippen LogP contribution is 2.28. The van der Waals surface area contributed by atoms with Gasteiger partial charge in [0.15, 0.2) is 0 Å². The third-order valence-electron chi connectivity index (χ3n) is 2.38. The summed E-state index contributed by atoms with van der Waals surface area (Å²) in [6.45, 7) is 0. The molecule has 2 nitrogen and oxygen atoms in total. The Morgan fingerprint density at radius 1 is 1.62 bits per heavy atom. The van der Waals surface area contributed by atoms with E-state index in [1.54, 1.807) is 11.3 Å². The van der Waals surface area contributed by atoms with E-state index in [2.05, 4.69) is 0 Å². The molecular weight excluding hydrogens is 202 g/mol. The number of hydrogen-bond donors (Lipinski definition) is 1. The fourth-order valence-corrected chi connectivity index (χ4v) is 3.96. The van der Waals surface area contributed by atoms with Gasteiger partial charge in [0, 0.05) is 11.8 Å². The minimum Gasteiger partial charge on any atom is -0.328 e. The third kappa shape index (κ3) is 2.18. The molecule has 0 bridgehead atoms. The highest BCUT2D eigenvalue weighted by Gasteiger charge is 2.27. The highest BCUT2D eigenvalue weighted by atomic mass is 32.2. The molecule has 2 N–H and O–H groups in total. The summed E-state index contributed by atoms with van der Waals surface area (Å²) in [5, 5.41) is 1.97. The lowest BCUT2D eigenvalue weighted by molar-refractivity contribution is 0.294. The molecule has 72 valence electrons. The van der Waals surface area contributed by atoms with E-state index in [4.69, 9.17) is 5.73 Å². The van der Waals surface area contributed by atoms with Crippen LogP contribution in [0.3, 0.4) is 0 Å². The summed E-state index contributed by atoms with van der Waals surface area (Å²) in [4.78, 5) is 0. The Hall–Kier alpha value is -0.190. The van der Waals surface area contributed by atoms with Gasteiger partial charge in [-0.15, -0.1) is 11.3 Å². The minimum atomic E-state index is -0.783. The van der Waals surface area contributed by atoms with Gasteiger partial charge in [0.2, 0.25) is 0 Å². The molecular formula is C9H13NOS2. The van der Waals surface area contributed by atoms with E-state index in [1.807, 2.05) is 17.5 Å². The summed E-state index contributed by atoms with van der Waals surface area (Å²) >= 11 is 1.58. The maximum Gasteiger partial charge on any atom is 0.0910 e. The van der Waals surface area contributed by atoms with Crippen LogP contribution in [0.4, 0.5) is 0 Å². The van der Waals surface area contributed by atoms with Crippen molar-refractivity contribution in [2.24, 2.45) is 11.7 Å². The van der Waals surface area contributed by atoms with Gasteiger partial charge in [0.05, 0.1) is 15.0 Å². The molecule has 0 radical (unpaired) electrons. The van der Waals surface area contributed by atoms with Crippen LogP contribution in [0.1, 0.15) is 12.8 Å². The summed E-state index contributed by atoms with van der Waals surface area (Å²) in [7, 11) is -0.783. The molecule has 13 heavy (non-hydrogen) atoms. The van der Waals surface area contributed by atoms with Crippen molar-refractivity contribution in [1.82, 2.24) is 0 Å². The number of hydrogen-bond acceptors (Lipinski definition) is 3. The standard InChI is InChI=1S/C9H13NOS2/c10-8-4-7(5-8)6-13(11)9-2-1-3-12-9/h1-3,7-8H,4-6,10H2. The number of nitrogens with two attached hydrogens (primary N) is 1. The molecule has 1 aliphatic rings. The monoisotopic (exact) mass is 215 g/mol. The zero-order valence-electron chi connectivity index (χ0n) is 7.31. The van der Waals surface area contributed by atoms with Gasteiger partial charge < -0.3 is 5.73 Å². The second-order valence-electron chi connectivity index (χ2n) is 3.54. The molecule has 1 fully saturated rings. The normalized spacial score (nSPS) is 29.6. The lowest BCUT2D eigenvalue weighted by atomic mass is 9.82. The summed E-state index contributed by atoms with van der Waals surface area (Å²) in [5.41, 5.74) is 5.67. The van der Waals surface area contributed by atoms with Crippen molar-refractivity contribution in [1.29, 1.82) is 0 Å². The Morgan fingerprint density at radius 2 is 2.38 bits per heavy atom. The van der Waals surface area contributed by atoms with Crippen molar-refractivity contribution < 1.29 is 4.21 Å². The molecule has 2 rings (SSSR count). The summed E-state index contributed by atoms with van der Waals surface area (Å²) in [6.07, 6.45) is 2.11. The van der Waals surface area contributed by atoms with Crippen molar-refractivity contribution >= 4 is 22.1 Å². The molecule has 1 aliphatic carbocycles. The predicted octanol–water partition coefficient (Wildman–Crippen LogP) is 1.59. The Bertz CT molecular complexity index is 291. The zero-order valence-corrected chi connectivity index (χ0v) is 8.94. The first-order chi connectivity index (χ1) is 6.25. The molecule has 1 atom stereocenters. The lowest BCUT2D eigenvalue weighted by Crippen LogP contribution is -2.38. The molecule has 0 spiro atoms. The van der Waals surface area contributed by atoms with Crippen LogP contribution in [0.25, 0.3) is 0 Å². The zero-order chi connectivity index (χ0) is 9.26. The maximum absolute atomic E-state index is 11.7. The minimum absolute atomic E-state index is 0.366. The van der Waals surface area contributed by atoms with Gasteiger partial charge in [-0.3, -0.25) is 4.21 Å². The van der Waals surface area contributed by atoms with E-state index in [9.17, 15) is 4.21 Å². The van der Waals surface area contributed by atoms with E-state index in [1.165, 1.54) is 0 Å². The Balaban J connectivity index is 1.86. The summed E-state index contributed by atoms with van der Waals surface area (Å²) in [6, 6.07) is 4.26. The van der Waals surface area contributed by atoms with Crippen molar-refractivity contribution in [2.75, 3.05) is 5.75 Å². The molecule has 1 aromatic heterocycles. The molecule has 4 heteroatoms. The summed E-state index contributed by atoms with van der Waals surface area (Å²) in [5.74, 6) is 1.40. The number of thiophene rings is 1. The number of rotatable bonds is 3. The molecule has 1 unspecified atom stereocenters. The second-order valence-corrected chi connectivity index (χ2v) is 6.21. The largest absolute Gasteiger partial charge is 0.328 e. The van der Waals surface area contributed by atoms with Crippen molar-refractivity contribution in [3.05, 3.63) is 17.5 Å². The highest BCUT2D eigenvalue weighted by molar-refractivity contribution is 7.87. The van der Waals surface area contributed by atoms with Crippen LogP contribution >= 0.6 is 11.3 Å². The third-order valence-corrected chi connectivity index (χ3v) is 5.25. The van der Waals surface area contributed by atoms with Crippen LogP contribution in [-0.2, 0) is 10.8 Å². The topological polar surface area (TPSA) is 43.1 Å². The van der Waals surface area contributed by atoms with Crippen LogP contribution in [0.2, 0.25) is 0 Å². The average molecular weight is 215 g/mol. The van der Waals surface area contributed by atoms with Gasteiger partial charge in [-0.1, -0.05) is 6.07 Å².